The van der Waals surface area contributed by atoms with Crippen LogP contribution in [-0.4, -0.2) is 39.1 Å². The molecular formula is C13H18ClN3O. The number of aromatic nitrogens is 2. The molecule has 0 bridgehead atoms. The largest absolute Gasteiger partial charge is 0.395 e. The molecule has 2 rings (SSSR count). The van der Waals surface area contributed by atoms with Gasteiger partial charge in [0.1, 0.15) is 5.65 Å². The molecule has 0 aliphatic heterocycles. The zero-order valence-corrected chi connectivity index (χ0v) is 11.3. The molecule has 0 radical (unpaired) electrons. The van der Waals surface area contributed by atoms with Crippen molar-refractivity contribution in [1.82, 2.24) is 14.3 Å². The zero-order chi connectivity index (χ0) is 13.0. The van der Waals surface area contributed by atoms with Gasteiger partial charge in [-0.25, -0.2) is 4.98 Å². The average molecular weight is 268 g/mol. The molecule has 0 fully saturated rings. The van der Waals surface area contributed by atoms with E-state index in [4.69, 9.17) is 16.7 Å². The van der Waals surface area contributed by atoms with Crippen molar-refractivity contribution in [3.63, 3.8) is 0 Å². The molecule has 0 aliphatic rings. The Bertz CT molecular complexity index is 506. The fourth-order valence-electron chi connectivity index (χ4n) is 2.10. The molecule has 2 aromatic rings. The second-order valence-corrected chi connectivity index (χ2v) is 4.64. The van der Waals surface area contributed by atoms with Gasteiger partial charge in [0.15, 0.2) is 5.15 Å². The number of imidazole rings is 1. The summed E-state index contributed by atoms with van der Waals surface area (Å²) in [6.07, 6.45) is 3.01. The normalized spacial score (nSPS) is 11.6. The summed E-state index contributed by atoms with van der Waals surface area (Å²) in [5.41, 5.74) is 1.84. The van der Waals surface area contributed by atoms with Crippen LogP contribution in [-0.2, 0) is 6.54 Å². The van der Waals surface area contributed by atoms with E-state index < -0.39 is 0 Å². The fourth-order valence-corrected chi connectivity index (χ4v) is 2.34. The van der Waals surface area contributed by atoms with Crippen LogP contribution in [0.25, 0.3) is 5.65 Å². The highest BCUT2D eigenvalue weighted by molar-refractivity contribution is 6.30. The first-order valence-corrected chi connectivity index (χ1v) is 6.58. The maximum Gasteiger partial charge on any atom is 0.152 e. The van der Waals surface area contributed by atoms with Crippen molar-refractivity contribution in [2.24, 2.45) is 0 Å². The monoisotopic (exact) mass is 267 g/mol. The van der Waals surface area contributed by atoms with Gasteiger partial charge in [-0.15, -0.1) is 0 Å². The van der Waals surface area contributed by atoms with Crippen LogP contribution in [0, 0.1) is 0 Å². The molecule has 0 amide bonds. The lowest BCUT2D eigenvalue weighted by molar-refractivity contribution is 0.188. The van der Waals surface area contributed by atoms with Gasteiger partial charge in [-0.3, -0.25) is 4.90 Å². The summed E-state index contributed by atoms with van der Waals surface area (Å²) in [4.78, 5) is 6.51. The Morgan fingerprint density at radius 2 is 2.22 bits per heavy atom. The van der Waals surface area contributed by atoms with E-state index in [1.807, 2.05) is 28.8 Å². The first-order valence-electron chi connectivity index (χ1n) is 6.21. The van der Waals surface area contributed by atoms with Crippen molar-refractivity contribution < 1.29 is 5.11 Å². The van der Waals surface area contributed by atoms with Crippen LogP contribution >= 0.6 is 11.6 Å². The number of aliphatic hydroxyl groups excluding tert-OH is 1. The third-order valence-electron chi connectivity index (χ3n) is 2.91. The van der Waals surface area contributed by atoms with E-state index in [1.165, 1.54) is 0 Å². The van der Waals surface area contributed by atoms with Crippen LogP contribution in [0.2, 0.25) is 5.15 Å². The van der Waals surface area contributed by atoms with Crippen LogP contribution in [0.15, 0.2) is 24.4 Å². The summed E-state index contributed by atoms with van der Waals surface area (Å²) >= 11 is 6.19. The Kier molecular flexibility index (Phi) is 4.58. The van der Waals surface area contributed by atoms with E-state index in [-0.39, 0.29) is 6.61 Å². The SMILES string of the molecule is CCCN(CCO)Cc1c(Cl)nc2ccccn12. The first-order chi connectivity index (χ1) is 8.76. The van der Waals surface area contributed by atoms with Gasteiger partial charge in [-0.05, 0) is 25.1 Å². The third-order valence-corrected chi connectivity index (χ3v) is 3.21. The van der Waals surface area contributed by atoms with Crippen molar-refractivity contribution in [1.29, 1.82) is 0 Å². The molecule has 2 heterocycles. The van der Waals surface area contributed by atoms with Crippen LogP contribution < -0.4 is 0 Å². The van der Waals surface area contributed by atoms with E-state index in [9.17, 15) is 0 Å². The Hall–Kier alpha value is -1.10. The molecule has 1 N–H and O–H groups in total. The molecule has 0 aromatic carbocycles. The minimum absolute atomic E-state index is 0.161. The van der Waals surface area contributed by atoms with Crippen molar-refractivity contribution >= 4 is 17.2 Å². The van der Waals surface area contributed by atoms with Crippen LogP contribution in [0.4, 0.5) is 0 Å². The number of pyridine rings is 1. The molecule has 0 unspecified atom stereocenters. The molecule has 4 nitrogen and oxygen atoms in total. The fraction of sp³-hybridized carbons (Fsp3) is 0.462. The van der Waals surface area contributed by atoms with Gasteiger partial charge < -0.3 is 9.51 Å². The summed E-state index contributed by atoms with van der Waals surface area (Å²) < 4.78 is 2.00. The predicted octanol–water partition coefficient (Wildman–Crippen LogP) is 2.19. The highest BCUT2D eigenvalue weighted by Crippen LogP contribution is 2.19. The molecule has 0 saturated heterocycles. The lowest BCUT2D eigenvalue weighted by atomic mass is 10.3. The summed E-state index contributed by atoms with van der Waals surface area (Å²) in [5, 5.41) is 9.62. The van der Waals surface area contributed by atoms with Gasteiger partial charge in [0.05, 0.1) is 12.3 Å². The van der Waals surface area contributed by atoms with Crippen LogP contribution in [0.5, 0.6) is 0 Å². The molecular weight excluding hydrogens is 250 g/mol. The number of hydrogen-bond acceptors (Lipinski definition) is 3. The minimum atomic E-state index is 0.161. The Balaban J connectivity index is 2.26. The number of halogens is 1. The molecule has 98 valence electrons. The summed E-state index contributed by atoms with van der Waals surface area (Å²) in [6, 6.07) is 5.84. The highest BCUT2D eigenvalue weighted by atomic mass is 35.5. The van der Waals surface area contributed by atoms with Gasteiger partial charge >= 0.3 is 0 Å². The molecule has 0 saturated carbocycles. The number of nitrogens with zero attached hydrogens (tertiary/aromatic N) is 3. The number of rotatable bonds is 6. The maximum absolute atomic E-state index is 9.08. The van der Waals surface area contributed by atoms with Gasteiger partial charge in [0, 0.05) is 19.3 Å². The maximum atomic E-state index is 9.08. The van der Waals surface area contributed by atoms with Crippen molar-refractivity contribution in [3.8, 4) is 0 Å². The molecule has 0 atom stereocenters. The smallest absolute Gasteiger partial charge is 0.152 e. The summed E-state index contributed by atoms with van der Waals surface area (Å²) in [7, 11) is 0. The zero-order valence-electron chi connectivity index (χ0n) is 10.5. The molecule has 0 spiro atoms. The quantitative estimate of drug-likeness (QED) is 0.872. The summed E-state index contributed by atoms with van der Waals surface area (Å²) in [5.74, 6) is 0. The van der Waals surface area contributed by atoms with E-state index >= 15 is 0 Å². The number of aliphatic hydroxyl groups is 1. The van der Waals surface area contributed by atoms with Crippen LogP contribution in [0.3, 0.4) is 0 Å². The second kappa shape index (κ2) is 6.18. The van der Waals surface area contributed by atoms with E-state index in [0.717, 1.165) is 24.3 Å². The average Bonchev–Trinajstić information content (AvgIpc) is 2.67. The van der Waals surface area contributed by atoms with Gasteiger partial charge in [-0.2, -0.15) is 0 Å². The van der Waals surface area contributed by atoms with Crippen molar-refractivity contribution in [2.45, 2.75) is 19.9 Å². The Labute approximate surface area is 112 Å². The Morgan fingerprint density at radius 3 is 2.94 bits per heavy atom. The van der Waals surface area contributed by atoms with Crippen molar-refractivity contribution in [2.75, 3.05) is 19.7 Å². The second-order valence-electron chi connectivity index (χ2n) is 4.28. The van der Waals surface area contributed by atoms with Gasteiger partial charge in [0.2, 0.25) is 0 Å². The van der Waals surface area contributed by atoms with Gasteiger partial charge in [0.25, 0.3) is 0 Å². The number of hydrogen-bond donors (Lipinski definition) is 1. The standard InChI is InChI=1S/C13H18ClN3O/c1-2-6-16(8-9-18)10-11-13(14)15-12-5-3-4-7-17(11)12/h3-5,7,18H,2,6,8-10H2,1H3. The Morgan fingerprint density at radius 1 is 1.39 bits per heavy atom. The molecule has 18 heavy (non-hydrogen) atoms. The summed E-state index contributed by atoms with van der Waals surface area (Å²) in [6.45, 7) is 4.59. The lowest BCUT2D eigenvalue weighted by Gasteiger charge is -2.20. The van der Waals surface area contributed by atoms with Gasteiger partial charge in [-0.1, -0.05) is 24.6 Å². The van der Waals surface area contributed by atoms with E-state index in [2.05, 4.69) is 16.8 Å². The molecule has 5 heteroatoms. The van der Waals surface area contributed by atoms with E-state index in [0.29, 0.717) is 18.2 Å². The number of fused-ring (bicyclic) bond motifs is 1. The first kappa shape index (κ1) is 13.3. The highest BCUT2D eigenvalue weighted by Gasteiger charge is 2.13. The minimum Gasteiger partial charge on any atom is -0.395 e. The predicted molar refractivity (Wildman–Crippen MR) is 72.9 cm³/mol. The van der Waals surface area contributed by atoms with E-state index in [1.54, 1.807) is 0 Å². The molecule has 0 aliphatic carbocycles. The molecule has 2 aromatic heterocycles. The topological polar surface area (TPSA) is 40.8 Å². The lowest BCUT2D eigenvalue weighted by Crippen LogP contribution is -2.28. The van der Waals surface area contributed by atoms with Crippen LogP contribution in [0.1, 0.15) is 19.0 Å². The van der Waals surface area contributed by atoms with Crippen molar-refractivity contribution in [3.05, 3.63) is 35.2 Å². The third kappa shape index (κ3) is 2.83.